The van der Waals surface area contributed by atoms with Crippen LogP contribution in [0.3, 0.4) is 0 Å². The molecule has 0 radical (unpaired) electrons. The summed E-state index contributed by atoms with van der Waals surface area (Å²) in [6.45, 7) is 0. The van der Waals surface area contributed by atoms with Crippen molar-refractivity contribution in [3.63, 3.8) is 0 Å². The first-order valence-corrected chi connectivity index (χ1v) is 8.94. The van der Waals surface area contributed by atoms with Crippen molar-refractivity contribution in [2.24, 2.45) is 0 Å². The molecule has 3 N–H and O–H groups in total. The van der Waals surface area contributed by atoms with Crippen LogP contribution in [0.2, 0.25) is 0 Å². The minimum Gasteiger partial charge on any atom is -0.493 e. The molecule has 1 aromatic heterocycles. The summed E-state index contributed by atoms with van der Waals surface area (Å²) in [5.74, 6) is 0.530. The summed E-state index contributed by atoms with van der Waals surface area (Å²) < 4.78 is 24.8. The number of rotatable bonds is 4. The summed E-state index contributed by atoms with van der Waals surface area (Å²) in [7, 11) is 3.09. The van der Waals surface area contributed by atoms with Crippen LogP contribution in [0.25, 0.3) is 11.1 Å². The summed E-state index contributed by atoms with van der Waals surface area (Å²) in [4.78, 5) is 20.6. The molecule has 1 aliphatic heterocycles. The number of nitrogens with zero attached hydrogens (tertiary/aromatic N) is 2. The second kappa shape index (κ2) is 7.38. The molecule has 1 aliphatic rings. The predicted octanol–water partition coefficient (Wildman–Crippen LogP) is 2.91. The molecule has 4 rings (SSSR count). The first-order valence-electron chi connectivity index (χ1n) is 8.94. The third kappa shape index (κ3) is 3.44. The van der Waals surface area contributed by atoms with Crippen LogP contribution >= 0.6 is 0 Å². The largest absolute Gasteiger partial charge is 0.493 e. The van der Waals surface area contributed by atoms with Gasteiger partial charge in [0.05, 0.1) is 31.5 Å². The average Bonchev–Trinajstić information content (AvgIpc) is 2.72. The second-order valence-corrected chi connectivity index (χ2v) is 6.62. The van der Waals surface area contributed by atoms with Crippen molar-refractivity contribution in [3.05, 3.63) is 65.2 Å². The fourth-order valence-electron chi connectivity index (χ4n) is 3.53. The fraction of sp³-hybridized carbons (Fsp3) is 0.190. The lowest BCUT2D eigenvalue weighted by Crippen LogP contribution is -2.36. The van der Waals surface area contributed by atoms with Crippen LogP contribution in [0.1, 0.15) is 27.7 Å². The van der Waals surface area contributed by atoms with Gasteiger partial charge in [0.25, 0.3) is 5.91 Å². The molecule has 1 atom stereocenters. The topological polar surface area (TPSA) is 99.4 Å². The Morgan fingerprint density at radius 1 is 1.10 bits per heavy atom. The van der Waals surface area contributed by atoms with Gasteiger partial charge in [-0.25, -0.2) is 14.4 Å². The van der Waals surface area contributed by atoms with Gasteiger partial charge in [-0.3, -0.25) is 4.79 Å². The minimum atomic E-state index is -0.395. The van der Waals surface area contributed by atoms with Crippen LogP contribution in [0, 0.1) is 5.82 Å². The SMILES string of the molecule is COc1ccc(-c2cc(F)ccc2[C@H]2Cc3nc(N)ncc3C(=O)N2)cc1OC. The lowest BCUT2D eigenvalue weighted by molar-refractivity contribution is 0.0923. The van der Waals surface area contributed by atoms with Crippen molar-refractivity contribution in [1.82, 2.24) is 15.3 Å². The summed E-state index contributed by atoms with van der Waals surface area (Å²) in [6, 6.07) is 9.43. The van der Waals surface area contributed by atoms with Gasteiger partial charge < -0.3 is 20.5 Å². The molecular formula is C21H19FN4O3. The lowest BCUT2D eigenvalue weighted by Gasteiger charge is -2.27. The van der Waals surface area contributed by atoms with Gasteiger partial charge in [0.2, 0.25) is 5.95 Å². The van der Waals surface area contributed by atoms with Crippen molar-refractivity contribution in [2.75, 3.05) is 20.0 Å². The number of carbonyl (C=O) groups is 1. The van der Waals surface area contributed by atoms with E-state index in [9.17, 15) is 9.18 Å². The number of aromatic nitrogens is 2. The Bertz CT molecular complexity index is 1100. The van der Waals surface area contributed by atoms with E-state index in [4.69, 9.17) is 15.2 Å². The van der Waals surface area contributed by atoms with E-state index in [-0.39, 0.29) is 17.7 Å². The molecule has 2 heterocycles. The van der Waals surface area contributed by atoms with Gasteiger partial charge in [-0.05, 0) is 41.0 Å². The standard InChI is InChI=1S/C21H19FN4O3/c1-28-18-6-3-11(7-19(18)29-2)14-8-12(22)4-5-13(14)16-9-17-15(20(27)25-16)10-24-21(23)26-17/h3-8,10,16H,9H2,1-2H3,(H,25,27)(H2,23,24,26)/t16-/m1/s1. The maximum absolute atomic E-state index is 14.1. The van der Waals surface area contributed by atoms with Crippen LogP contribution in [0.4, 0.5) is 10.3 Å². The number of benzene rings is 2. The Balaban J connectivity index is 1.80. The zero-order valence-electron chi connectivity index (χ0n) is 15.9. The molecule has 2 aromatic carbocycles. The number of hydrogen-bond acceptors (Lipinski definition) is 6. The van der Waals surface area contributed by atoms with Gasteiger partial charge in [-0.2, -0.15) is 0 Å². The van der Waals surface area contributed by atoms with E-state index in [1.54, 1.807) is 25.3 Å². The molecule has 29 heavy (non-hydrogen) atoms. The van der Waals surface area contributed by atoms with E-state index >= 15 is 0 Å². The Kier molecular flexibility index (Phi) is 4.75. The number of nitrogen functional groups attached to an aromatic ring is 1. The van der Waals surface area contributed by atoms with Gasteiger partial charge in [-0.1, -0.05) is 12.1 Å². The number of nitrogens with two attached hydrogens (primary N) is 1. The number of halogens is 1. The maximum atomic E-state index is 14.1. The number of amides is 1. The molecule has 0 fully saturated rings. The highest BCUT2D eigenvalue weighted by atomic mass is 19.1. The molecule has 8 heteroatoms. The van der Waals surface area contributed by atoms with Crippen LogP contribution < -0.4 is 20.5 Å². The Morgan fingerprint density at radius 3 is 2.66 bits per heavy atom. The number of methoxy groups -OCH3 is 2. The zero-order chi connectivity index (χ0) is 20.5. The second-order valence-electron chi connectivity index (χ2n) is 6.62. The molecular weight excluding hydrogens is 375 g/mol. The van der Waals surface area contributed by atoms with Gasteiger partial charge in [-0.15, -0.1) is 0 Å². The fourth-order valence-corrected chi connectivity index (χ4v) is 3.53. The van der Waals surface area contributed by atoms with Crippen LogP contribution in [0.5, 0.6) is 11.5 Å². The Hall–Kier alpha value is -3.68. The van der Waals surface area contributed by atoms with Crippen LogP contribution in [-0.4, -0.2) is 30.1 Å². The van der Waals surface area contributed by atoms with E-state index < -0.39 is 6.04 Å². The number of ether oxygens (including phenoxy) is 2. The van der Waals surface area contributed by atoms with Crippen LogP contribution in [-0.2, 0) is 6.42 Å². The quantitative estimate of drug-likeness (QED) is 0.706. The molecule has 0 spiro atoms. The van der Waals surface area contributed by atoms with Gasteiger partial charge >= 0.3 is 0 Å². The summed E-state index contributed by atoms with van der Waals surface area (Å²) >= 11 is 0. The molecule has 0 saturated carbocycles. The predicted molar refractivity (Wildman–Crippen MR) is 105 cm³/mol. The molecule has 3 aromatic rings. The molecule has 0 unspecified atom stereocenters. The van der Waals surface area contributed by atoms with E-state index in [2.05, 4.69) is 15.3 Å². The van der Waals surface area contributed by atoms with Crippen molar-refractivity contribution < 1.29 is 18.7 Å². The van der Waals surface area contributed by atoms with E-state index in [0.717, 1.165) is 11.1 Å². The maximum Gasteiger partial charge on any atom is 0.255 e. The number of carbonyl (C=O) groups excluding carboxylic acids is 1. The smallest absolute Gasteiger partial charge is 0.255 e. The third-order valence-electron chi connectivity index (χ3n) is 4.92. The van der Waals surface area contributed by atoms with Gasteiger partial charge in [0.1, 0.15) is 5.82 Å². The number of hydrogen-bond donors (Lipinski definition) is 2. The first kappa shape index (κ1) is 18.7. The van der Waals surface area contributed by atoms with Crippen molar-refractivity contribution in [3.8, 4) is 22.6 Å². The van der Waals surface area contributed by atoms with Crippen molar-refractivity contribution in [1.29, 1.82) is 0 Å². The highest BCUT2D eigenvalue weighted by molar-refractivity contribution is 5.96. The van der Waals surface area contributed by atoms with E-state index in [0.29, 0.717) is 34.7 Å². The molecule has 0 aliphatic carbocycles. The van der Waals surface area contributed by atoms with E-state index in [1.807, 2.05) is 6.07 Å². The molecule has 0 bridgehead atoms. The van der Waals surface area contributed by atoms with Crippen molar-refractivity contribution >= 4 is 11.9 Å². The normalized spacial score (nSPS) is 15.4. The monoisotopic (exact) mass is 394 g/mol. The average molecular weight is 394 g/mol. The molecule has 0 saturated heterocycles. The number of nitrogens with one attached hydrogen (secondary N) is 1. The Morgan fingerprint density at radius 2 is 1.90 bits per heavy atom. The first-order chi connectivity index (χ1) is 14.0. The van der Waals surface area contributed by atoms with E-state index in [1.165, 1.54) is 25.4 Å². The summed E-state index contributed by atoms with van der Waals surface area (Å²) in [5.41, 5.74) is 8.77. The van der Waals surface area contributed by atoms with Crippen molar-refractivity contribution in [2.45, 2.75) is 12.5 Å². The third-order valence-corrected chi connectivity index (χ3v) is 4.92. The highest BCUT2D eigenvalue weighted by Crippen LogP contribution is 2.37. The highest BCUT2D eigenvalue weighted by Gasteiger charge is 2.29. The number of anilines is 1. The minimum absolute atomic E-state index is 0.108. The number of fused-ring (bicyclic) bond motifs is 1. The molecule has 148 valence electrons. The molecule has 1 amide bonds. The Labute approximate surface area is 166 Å². The van der Waals surface area contributed by atoms with Crippen LogP contribution in [0.15, 0.2) is 42.6 Å². The summed E-state index contributed by atoms with van der Waals surface area (Å²) in [5, 5.41) is 2.95. The molecule has 7 nitrogen and oxygen atoms in total. The van der Waals surface area contributed by atoms with Gasteiger partial charge in [0, 0.05) is 12.6 Å². The zero-order valence-corrected chi connectivity index (χ0v) is 15.9. The summed E-state index contributed by atoms with van der Waals surface area (Å²) in [6.07, 6.45) is 1.84. The van der Waals surface area contributed by atoms with Gasteiger partial charge in [0.15, 0.2) is 11.5 Å². The lowest BCUT2D eigenvalue weighted by atomic mass is 9.89.